The van der Waals surface area contributed by atoms with Gasteiger partial charge in [-0.2, -0.15) is 0 Å². The number of hydrogen-bond acceptors (Lipinski definition) is 0. The number of hydrogen-bond donors (Lipinski definition) is 0. The summed E-state index contributed by atoms with van der Waals surface area (Å²) >= 11 is 0. The highest BCUT2D eigenvalue weighted by Crippen LogP contribution is 2.49. The van der Waals surface area contributed by atoms with Crippen molar-refractivity contribution in [3.63, 3.8) is 0 Å². The molecule has 0 spiro atoms. The lowest BCUT2D eigenvalue weighted by Gasteiger charge is -2.17. The average molecular weight is 560 g/mol. The van der Waals surface area contributed by atoms with Crippen LogP contribution in [0.15, 0.2) is 133 Å². The molecule has 0 aliphatic heterocycles. The monoisotopic (exact) mass is 559 g/mol. The highest BCUT2D eigenvalue weighted by Gasteiger charge is 2.28. The summed E-state index contributed by atoms with van der Waals surface area (Å²) in [6.45, 7) is 3.04. The summed E-state index contributed by atoms with van der Waals surface area (Å²) in [6.07, 6.45) is 0.957. The Morgan fingerprint density at radius 3 is 2.05 bits per heavy atom. The SMILES string of the molecule is Cc1cc(Cn2c3c4c(c5ccccc5c3c3ccc5ccccc5c32)-c2ccccc2C4)c2c(ccc3ccccc32)c1. The Bertz CT molecular complexity index is 2670. The van der Waals surface area contributed by atoms with Gasteiger partial charge in [0.25, 0.3) is 0 Å². The van der Waals surface area contributed by atoms with E-state index in [1.165, 1.54) is 98.3 Å². The maximum absolute atomic E-state index is 2.68. The van der Waals surface area contributed by atoms with Gasteiger partial charge in [0, 0.05) is 29.1 Å². The predicted molar refractivity (Wildman–Crippen MR) is 188 cm³/mol. The van der Waals surface area contributed by atoms with Crippen LogP contribution in [0, 0.1) is 6.92 Å². The second-order valence-corrected chi connectivity index (χ2v) is 12.5. The maximum atomic E-state index is 2.68. The number of aromatic nitrogens is 1. The highest BCUT2D eigenvalue weighted by molar-refractivity contribution is 6.29. The molecule has 0 N–H and O–H groups in total. The molecule has 1 aliphatic carbocycles. The largest absolute Gasteiger partial charge is 0.335 e. The summed E-state index contributed by atoms with van der Waals surface area (Å²) in [5, 5.41) is 13.3. The van der Waals surface area contributed by atoms with E-state index >= 15 is 0 Å². The van der Waals surface area contributed by atoms with Crippen LogP contribution < -0.4 is 0 Å². The zero-order chi connectivity index (χ0) is 28.9. The average Bonchev–Trinajstić information content (AvgIpc) is 3.61. The molecule has 1 heteroatoms. The first-order valence-electron chi connectivity index (χ1n) is 15.6. The Morgan fingerprint density at radius 2 is 1.18 bits per heavy atom. The molecule has 0 amide bonds. The van der Waals surface area contributed by atoms with Gasteiger partial charge in [-0.25, -0.2) is 0 Å². The fourth-order valence-corrected chi connectivity index (χ4v) is 8.35. The minimum absolute atomic E-state index is 0.807. The second-order valence-electron chi connectivity index (χ2n) is 12.5. The van der Waals surface area contributed by atoms with Gasteiger partial charge in [0.15, 0.2) is 0 Å². The van der Waals surface area contributed by atoms with Gasteiger partial charge in [0.2, 0.25) is 0 Å². The van der Waals surface area contributed by atoms with E-state index in [0.717, 1.165) is 13.0 Å². The lowest BCUT2D eigenvalue weighted by Crippen LogP contribution is -2.03. The Morgan fingerprint density at radius 1 is 0.523 bits per heavy atom. The van der Waals surface area contributed by atoms with E-state index in [0.29, 0.717) is 0 Å². The van der Waals surface area contributed by atoms with Gasteiger partial charge in [-0.05, 0) is 72.4 Å². The van der Waals surface area contributed by atoms with Crippen molar-refractivity contribution in [2.45, 2.75) is 19.9 Å². The Hall–Kier alpha value is -5.40. The molecular weight excluding hydrogens is 530 g/mol. The van der Waals surface area contributed by atoms with Gasteiger partial charge in [0.1, 0.15) is 0 Å². The first kappa shape index (κ1) is 24.1. The van der Waals surface area contributed by atoms with Crippen molar-refractivity contribution in [2.75, 3.05) is 0 Å². The van der Waals surface area contributed by atoms with Crippen LogP contribution in [0.2, 0.25) is 0 Å². The molecule has 1 heterocycles. The minimum atomic E-state index is 0.807. The van der Waals surface area contributed by atoms with Crippen LogP contribution in [-0.4, -0.2) is 4.57 Å². The van der Waals surface area contributed by atoms with Crippen molar-refractivity contribution < 1.29 is 0 Å². The van der Waals surface area contributed by atoms with Crippen LogP contribution in [0.25, 0.3) is 76.0 Å². The summed E-state index contributed by atoms with van der Waals surface area (Å²) in [6, 6.07) is 49.9. The number of fused-ring (bicyclic) bond motifs is 15. The van der Waals surface area contributed by atoms with Crippen molar-refractivity contribution in [2.24, 2.45) is 0 Å². The van der Waals surface area contributed by atoms with Crippen LogP contribution in [0.4, 0.5) is 0 Å². The Balaban J connectivity index is 1.41. The molecule has 0 fully saturated rings. The molecule has 1 aliphatic rings. The standard InChI is InChI=1S/C43H29N/c1-26-22-30-19-18-27-10-2-5-13-32(27)39(30)31(23-26)25-44-42-34-15-7-3-11-28(34)20-21-37(42)41-36-17-9-8-16-35(36)40-33-14-6-4-12-29(33)24-38(40)43(41)44/h2-23H,24-25H2,1H3. The predicted octanol–water partition coefficient (Wildman–Crippen LogP) is 11.3. The van der Waals surface area contributed by atoms with Crippen LogP contribution in [0.3, 0.4) is 0 Å². The molecule has 0 radical (unpaired) electrons. The van der Waals surface area contributed by atoms with Crippen molar-refractivity contribution in [3.8, 4) is 11.1 Å². The van der Waals surface area contributed by atoms with Crippen LogP contribution in [0.1, 0.15) is 22.3 Å². The van der Waals surface area contributed by atoms with Gasteiger partial charge >= 0.3 is 0 Å². The molecule has 10 rings (SSSR count). The molecular formula is C43H29N. The van der Waals surface area contributed by atoms with E-state index in [1.54, 1.807) is 0 Å². The van der Waals surface area contributed by atoms with E-state index in [2.05, 4.69) is 145 Å². The zero-order valence-corrected chi connectivity index (χ0v) is 24.6. The van der Waals surface area contributed by atoms with E-state index in [9.17, 15) is 0 Å². The van der Waals surface area contributed by atoms with E-state index < -0.39 is 0 Å². The van der Waals surface area contributed by atoms with Gasteiger partial charge in [0.05, 0.1) is 11.0 Å². The third-order valence-corrected chi connectivity index (χ3v) is 10.0. The summed E-state index contributed by atoms with van der Waals surface area (Å²) in [5.74, 6) is 0. The van der Waals surface area contributed by atoms with Crippen molar-refractivity contribution in [1.29, 1.82) is 0 Å². The molecule has 0 unspecified atom stereocenters. The Labute approximate surface area is 255 Å². The number of nitrogens with zero attached hydrogens (tertiary/aromatic N) is 1. The van der Waals surface area contributed by atoms with Crippen LogP contribution in [0.5, 0.6) is 0 Å². The number of benzene rings is 8. The second kappa shape index (κ2) is 8.81. The van der Waals surface area contributed by atoms with Gasteiger partial charge in [-0.15, -0.1) is 0 Å². The summed E-state index contributed by atoms with van der Waals surface area (Å²) in [5.41, 5.74) is 11.1. The number of aryl methyl sites for hydroxylation is 1. The van der Waals surface area contributed by atoms with Crippen molar-refractivity contribution in [1.82, 2.24) is 4.57 Å². The lowest BCUT2D eigenvalue weighted by atomic mass is 9.93. The molecule has 0 atom stereocenters. The highest BCUT2D eigenvalue weighted by atomic mass is 15.0. The molecule has 1 aromatic heterocycles. The van der Waals surface area contributed by atoms with Gasteiger partial charge < -0.3 is 4.57 Å². The Kier molecular flexibility index (Phi) is 4.82. The third-order valence-electron chi connectivity index (χ3n) is 10.0. The zero-order valence-electron chi connectivity index (χ0n) is 24.6. The quantitative estimate of drug-likeness (QED) is 0.186. The molecule has 0 saturated carbocycles. The van der Waals surface area contributed by atoms with E-state index in [-0.39, 0.29) is 0 Å². The normalized spacial score (nSPS) is 12.7. The lowest BCUT2D eigenvalue weighted by molar-refractivity contribution is 0.874. The molecule has 206 valence electrons. The van der Waals surface area contributed by atoms with Gasteiger partial charge in [-0.1, -0.05) is 139 Å². The van der Waals surface area contributed by atoms with Crippen molar-refractivity contribution >= 4 is 64.9 Å². The fourth-order valence-electron chi connectivity index (χ4n) is 8.35. The smallest absolute Gasteiger partial charge is 0.0574 e. The number of rotatable bonds is 2. The fraction of sp³-hybridized carbons (Fsp3) is 0.0698. The summed E-state index contributed by atoms with van der Waals surface area (Å²) < 4.78 is 2.68. The third kappa shape index (κ3) is 3.19. The summed E-state index contributed by atoms with van der Waals surface area (Å²) in [4.78, 5) is 0. The first-order valence-corrected chi connectivity index (χ1v) is 15.6. The van der Waals surface area contributed by atoms with E-state index in [1.807, 2.05) is 0 Å². The molecule has 44 heavy (non-hydrogen) atoms. The maximum Gasteiger partial charge on any atom is 0.0574 e. The van der Waals surface area contributed by atoms with E-state index in [4.69, 9.17) is 0 Å². The molecule has 0 bridgehead atoms. The minimum Gasteiger partial charge on any atom is -0.335 e. The molecule has 0 saturated heterocycles. The first-order chi connectivity index (χ1) is 21.7. The van der Waals surface area contributed by atoms with Crippen LogP contribution in [-0.2, 0) is 13.0 Å². The molecule has 9 aromatic rings. The molecule has 1 nitrogen and oxygen atoms in total. The van der Waals surface area contributed by atoms with Crippen LogP contribution >= 0.6 is 0 Å². The summed E-state index contributed by atoms with van der Waals surface area (Å²) in [7, 11) is 0. The van der Waals surface area contributed by atoms with Gasteiger partial charge in [-0.3, -0.25) is 0 Å². The van der Waals surface area contributed by atoms with Crippen molar-refractivity contribution in [3.05, 3.63) is 156 Å². The topological polar surface area (TPSA) is 4.93 Å². The molecule has 8 aromatic carbocycles.